The number of ether oxygens (including phenoxy) is 1. The Morgan fingerprint density at radius 1 is 1.37 bits per heavy atom. The lowest BCUT2D eigenvalue weighted by Gasteiger charge is -2.18. The Labute approximate surface area is 167 Å². The molecule has 1 atom stereocenters. The van der Waals surface area contributed by atoms with E-state index in [4.69, 9.17) is 4.74 Å². The van der Waals surface area contributed by atoms with Crippen molar-refractivity contribution in [2.45, 2.75) is 44.7 Å². The van der Waals surface area contributed by atoms with Crippen LogP contribution in [0.1, 0.15) is 47.5 Å². The SMILES string of the molecule is CCOC(=O)c1c(NC(=O)CCSc2ncccn2)sc2c1CCC(C)C2. The molecule has 144 valence electrons. The molecule has 27 heavy (non-hydrogen) atoms. The summed E-state index contributed by atoms with van der Waals surface area (Å²) in [7, 11) is 0. The molecule has 1 amide bonds. The molecule has 0 spiro atoms. The van der Waals surface area contributed by atoms with Crippen LogP contribution in [0.25, 0.3) is 0 Å². The number of thiophene rings is 1. The van der Waals surface area contributed by atoms with Crippen molar-refractivity contribution < 1.29 is 14.3 Å². The standard InChI is InChI=1S/C19H23N3O3S2/c1-3-25-18(24)16-13-6-5-12(2)11-14(13)27-17(16)22-15(23)7-10-26-19-20-8-4-9-21-19/h4,8-9,12H,3,5-7,10-11H2,1-2H3,(H,22,23). The summed E-state index contributed by atoms with van der Waals surface area (Å²) in [6, 6.07) is 1.76. The lowest BCUT2D eigenvalue weighted by atomic mass is 9.88. The zero-order chi connectivity index (χ0) is 19.2. The minimum Gasteiger partial charge on any atom is -0.462 e. The molecule has 6 nitrogen and oxygen atoms in total. The summed E-state index contributed by atoms with van der Waals surface area (Å²) in [4.78, 5) is 34.3. The Morgan fingerprint density at radius 3 is 2.89 bits per heavy atom. The van der Waals surface area contributed by atoms with Crippen molar-refractivity contribution >= 4 is 40.0 Å². The predicted octanol–water partition coefficient (Wildman–Crippen LogP) is 3.96. The first-order chi connectivity index (χ1) is 13.1. The highest BCUT2D eigenvalue weighted by Gasteiger charge is 2.29. The normalized spacial score (nSPS) is 15.9. The van der Waals surface area contributed by atoms with Crippen molar-refractivity contribution in [3.05, 3.63) is 34.5 Å². The second-order valence-electron chi connectivity index (χ2n) is 6.45. The lowest BCUT2D eigenvalue weighted by Crippen LogP contribution is -2.16. The third kappa shape index (κ3) is 5.07. The molecule has 3 rings (SSSR count). The fourth-order valence-corrected chi connectivity index (χ4v) is 5.20. The van der Waals surface area contributed by atoms with Crippen LogP contribution in [0.4, 0.5) is 5.00 Å². The summed E-state index contributed by atoms with van der Waals surface area (Å²) < 4.78 is 5.24. The maximum Gasteiger partial charge on any atom is 0.341 e. The van der Waals surface area contributed by atoms with Gasteiger partial charge >= 0.3 is 5.97 Å². The first kappa shape index (κ1) is 19.8. The molecule has 1 aliphatic carbocycles. The molecule has 0 aromatic carbocycles. The van der Waals surface area contributed by atoms with Crippen molar-refractivity contribution in [3.63, 3.8) is 0 Å². The van der Waals surface area contributed by atoms with Crippen LogP contribution in [0.15, 0.2) is 23.6 Å². The summed E-state index contributed by atoms with van der Waals surface area (Å²) in [5, 5.41) is 4.21. The fourth-order valence-electron chi connectivity index (χ4n) is 3.04. The van der Waals surface area contributed by atoms with Crippen LogP contribution in [0, 0.1) is 5.92 Å². The number of esters is 1. The summed E-state index contributed by atoms with van der Waals surface area (Å²) >= 11 is 2.95. The van der Waals surface area contributed by atoms with Crippen molar-refractivity contribution in [1.82, 2.24) is 9.97 Å². The number of anilines is 1. The van der Waals surface area contributed by atoms with Gasteiger partial charge in [-0.05, 0) is 43.7 Å². The van der Waals surface area contributed by atoms with Gasteiger partial charge in [-0.25, -0.2) is 14.8 Å². The van der Waals surface area contributed by atoms with Gasteiger partial charge in [0.15, 0.2) is 5.16 Å². The van der Waals surface area contributed by atoms with Crippen LogP contribution in [0.3, 0.4) is 0 Å². The third-order valence-electron chi connectivity index (χ3n) is 4.35. The number of amides is 1. The summed E-state index contributed by atoms with van der Waals surface area (Å²) in [5.41, 5.74) is 1.61. The van der Waals surface area contributed by atoms with Gasteiger partial charge in [-0.1, -0.05) is 18.7 Å². The van der Waals surface area contributed by atoms with Gasteiger partial charge in [0.25, 0.3) is 0 Å². The van der Waals surface area contributed by atoms with Crippen LogP contribution >= 0.6 is 23.1 Å². The minimum absolute atomic E-state index is 0.115. The number of nitrogens with zero attached hydrogens (tertiary/aromatic N) is 2. The average molecular weight is 406 g/mol. The maximum atomic E-state index is 12.5. The van der Waals surface area contributed by atoms with Crippen LogP contribution in [-0.2, 0) is 22.4 Å². The zero-order valence-corrected chi connectivity index (χ0v) is 17.1. The smallest absolute Gasteiger partial charge is 0.341 e. The zero-order valence-electron chi connectivity index (χ0n) is 15.5. The lowest BCUT2D eigenvalue weighted by molar-refractivity contribution is -0.115. The molecule has 0 saturated heterocycles. The first-order valence-electron chi connectivity index (χ1n) is 9.09. The van der Waals surface area contributed by atoms with Crippen molar-refractivity contribution in [3.8, 4) is 0 Å². The number of carbonyl (C=O) groups is 2. The molecule has 8 heteroatoms. The van der Waals surface area contributed by atoms with Gasteiger partial charge in [-0.3, -0.25) is 4.79 Å². The Hall–Kier alpha value is -1.93. The van der Waals surface area contributed by atoms with E-state index in [1.165, 1.54) is 28.0 Å². The molecule has 2 aromatic rings. The Bertz CT molecular complexity index is 808. The highest BCUT2D eigenvalue weighted by atomic mass is 32.2. The molecule has 2 heterocycles. The first-order valence-corrected chi connectivity index (χ1v) is 10.9. The number of carbonyl (C=O) groups excluding carboxylic acids is 2. The van der Waals surface area contributed by atoms with E-state index >= 15 is 0 Å². The van der Waals surface area contributed by atoms with Crippen molar-refractivity contribution in [1.29, 1.82) is 0 Å². The van der Waals surface area contributed by atoms with Gasteiger partial charge in [-0.2, -0.15) is 0 Å². The van der Waals surface area contributed by atoms with Crippen LogP contribution in [0.2, 0.25) is 0 Å². The molecule has 0 radical (unpaired) electrons. The fraction of sp³-hybridized carbons (Fsp3) is 0.474. The van der Waals surface area contributed by atoms with Gasteiger partial charge < -0.3 is 10.1 Å². The largest absolute Gasteiger partial charge is 0.462 e. The van der Waals surface area contributed by atoms with E-state index in [-0.39, 0.29) is 11.9 Å². The van der Waals surface area contributed by atoms with Crippen molar-refractivity contribution in [2.75, 3.05) is 17.7 Å². The van der Waals surface area contributed by atoms with Gasteiger partial charge in [0.2, 0.25) is 5.91 Å². The highest BCUT2D eigenvalue weighted by Crippen LogP contribution is 2.40. The van der Waals surface area contributed by atoms with E-state index < -0.39 is 0 Å². The number of aromatic nitrogens is 2. The Balaban J connectivity index is 1.67. The number of hydrogen-bond acceptors (Lipinski definition) is 7. The van der Waals surface area contributed by atoms with Gasteiger partial charge in [0.1, 0.15) is 5.00 Å². The second-order valence-corrected chi connectivity index (χ2v) is 8.62. The molecular weight excluding hydrogens is 382 g/mol. The number of hydrogen-bond donors (Lipinski definition) is 1. The van der Waals surface area contributed by atoms with Crippen LogP contribution in [-0.4, -0.2) is 34.2 Å². The quantitative estimate of drug-likeness (QED) is 0.427. The minimum atomic E-state index is -0.341. The highest BCUT2D eigenvalue weighted by molar-refractivity contribution is 7.99. The van der Waals surface area contributed by atoms with E-state index in [1.54, 1.807) is 25.4 Å². The molecule has 0 saturated carbocycles. The molecule has 0 aliphatic heterocycles. The van der Waals surface area contributed by atoms with E-state index in [0.29, 0.717) is 40.4 Å². The van der Waals surface area contributed by atoms with Gasteiger partial charge in [-0.15, -0.1) is 11.3 Å². The second kappa shape index (κ2) is 9.32. The molecule has 2 aromatic heterocycles. The predicted molar refractivity (Wildman–Crippen MR) is 107 cm³/mol. The molecular formula is C19H23N3O3S2. The molecule has 1 aliphatic rings. The number of nitrogens with one attached hydrogen (secondary N) is 1. The number of fused-ring (bicyclic) bond motifs is 1. The van der Waals surface area contributed by atoms with E-state index in [0.717, 1.165) is 24.8 Å². The summed E-state index contributed by atoms with van der Waals surface area (Å²) in [6.07, 6.45) is 6.54. The summed E-state index contributed by atoms with van der Waals surface area (Å²) in [5.74, 6) is 0.715. The maximum absolute atomic E-state index is 12.5. The third-order valence-corrected chi connectivity index (χ3v) is 6.39. The Kier molecular flexibility index (Phi) is 6.84. The Morgan fingerprint density at radius 2 is 2.15 bits per heavy atom. The number of rotatable bonds is 7. The van der Waals surface area contributed by atoms with E-state index in [9.17, 15) is 9.59 Å². The van der Waals surface area contributed by atoms with Crippen LogP contribution in [0.5, 0.6) is 0 Å². The topological polar surface area (TPSA) is 81.2 Å². The van der Waals surface area contributed by atoms with Crippen molar-refractivity contribution in [2.24, 2.45) is 5.92 Å². The monoisotopic (exact) mass is 405 g/mol. The van der Waals surface area contributed by atoms with Gasteiger partial charge in [0, 0.05) is 29.4 Å². The molecule has 0 bridgehead atoms. The average Bonchev–Trinajstić information content (AvgIpc) is 2.99. The molecule has 1 unspecified atom stereocenters. The molecule has 0 fully saturated rings. The van der Waals surface area contributed by atoms with E-state index in [2.05, 4.69) is 22.2 Å². The van der Waals surface area contributed by atoms with Crippen LogP contribution < -0.4 is 5.32 Å². The molecule has 1 N–H and O–H groups in total. The number of thioether (sulfide) groups is 1. The van der Waals surface area contributed by atoms with E-state index in [1.807, 2.05) is 0 Å². The summed E-state index contributed by atoms with van der Waals surface area (Å²) in [6.45, 7) is 4.33. The van der Waals surface area contributed by atoms with Gasteiger partial charge in [0.05, 0.1) is 12.2 Å².